The molecule has 0 radical (unpaired) electrons. The van der Waals surface area contributed by atoms with Crippen molar-refractivity contribution in [3.8, 4) is 17.3 Å². The van der Waals surface area contributed by atoms with Crippen molar-refractivity contribution in [2.24, 2.45) is 0 Å². The standard InChI is InChI=1S/C22H11F3N6/c23-15-10-17-14(5-2-8-27-17)20(24)19(15)21(25)22-29-28-18-7-6-16(30-31(18)22)13-4-1-3-12(9-13)11-26/h1-10,21H. The maximum absolute atomic E-state index is 15.4. The lowest BCUT2D eigenvalue weighted by molar-refractivity contribution is 0.352. The van der Waals surface area contributed by atoms with Crippen molar-refractivity contribution in [1.82, 2.24) is 24.8 Å². The highest BCUT2D eigenvalue weighted by Gasteiger charge is 2.28. The quantitative estimate of drug-likeness (QED) is 0.431. The van der Waals surface area contributed by atoms with Crippen LogP contribution in [0.15, 0.2) is 60.8 Å². The zero-order chi connectivity index (χ0) is 21.5. The molecule has 3 aromatic heterocycles. The van der Waals surface area contributed by atoms with E-state index in [9.17, 15) is 8.78 Å². The lowest BCUT2D eigenvalue weighted by atomic mass is 10.0. The second kappa shape index (κ2) is 7.18. The van der Waals surface area contributed by atoms with Crippen LogP contribution in [0.4, 0.5) is 13.2 Å². The summed E-state index contributed by atoms with van der Waals surface area (Å²) in [5.41, 5.74) is 0.972. The lowest BCUT2D eigenvalue weighted by Crippen LogP contribution is -2.09. The minimum Gasteiger partial charge on any atom is -0.256 e. The number of aromatic nitrogens is 5. The fourth-order valence-corrected chi connectivity index (χ4v) is 3.39. The van der Waals surface area contributed by atoms with Gasteiger partial charge < -0.3 is 0 Å². The van der Waals surface area contributed by atoms with Gasteiger partial charge in [0.1, 0.15) is 11.6 Å². The van der Waals surface area contributed by atoms with Crippen LogP contribution < -0.4 is 0 Å². The van der Waals surface area contributed by atoms with Crippen LogP contribution >= 0.6 is 0 Å². The van der Waals surface area contributed by atoms with Gasteiger partial charge in [-0.1, -0.05) is 12.1 Å². The Morgan fingerprint density at radius 2 is 1.87 bits per heavy atom. The molecule has 0 bridgehead atoms. The smallest absolute Gasteiger partial charge is 0.193 e. The van der Waals surface area contributed by atoms with Gasteiger partial charge in [0.2, 0.25) is 0 Å². The number of nitriles is 1. The first-order valence-corrected chi connectivity index (χ1v) is 9.16. The van der Waals surface area contributed by atoms with Crippen LogP contribution in [-0.2, 0) is 0 Å². The molecule has 150 valence electrons. The van der Waals surface area contributed by atoms with Gasteiger partial charge >= 0.3 is 0 Å². The van der Waals surface area contributed by atoms with E-state index in [1.807, 2.05) is 6.07 Å². The molecule has 0 N–H and O–H groups in total. The highest BCUT2D eigenvalue weighted by Crippen LogP contribution is 2.33. The molecule has 0 aliphatic rings. The molecule has 0 fully saturated rings. The van der Waals surface area contributed by atoms with Gasteiger partial charge in [0.05, 0.1) is 28.4 Å². The molecule has 0 spiro atoms. The molecule has 3 heterocycles. The topological polar surface area (TPSA) is 79.8 Å². The number of rotatable bonds is 3. The van der Waals surface area contributed by atoms with Crippen LogP contribution in [0, 0.1) is 23.0 Å². The summed E-state index contributed by atoms with van der Waals surface area (Å²) < 4.78 is 46.1. The van der Waals surface area contributed by atoms with Crippen molar-refractivity contribution in [3.63, 3.8) is 0 Å². The summed E-state index contributed by atoms with van der Waals surface area (Å²) in [5, 5.41) is 21.1. The Hall–Kier alpha value is -4.32. The van der Waals surface area contributed by atoms with Crippen LogP contribution in [0.2, 0.25) is 0 Å². The fraction of sp³-hybridized carbons (Fsp3) is 0.0455. The largest absolute Gasteiger partial charge is 0.256 e. The maximum atomic E-state index is 15.4. The zero-order valence-corrected chi connectivity index (χ0v) is 15.7. The van der Waals surface area contributed by atoms with Gasteiger partial charge in [-0.25, -0.2) is 13.2 Å². The third kappa shape index (κ3) is 3.05. The third-order valence-electron chi connectivity index (χ3n) is 4.89. The maximum Gasteiger partial charge on any atom is 0.193 e. The number of hydrogen-bond donors (Lipinski definition) is 0. The molecular formula is C22H11F3N6. The Morgan fingerprint density at radius 3 is 2.71 bits per heavy atom. The normalized spacial score (nSPS) is 12.2. The molecule has 1 unspecified atom stereocenters. The van der Waals surface area contributed by atoms with Gasteiger partial charge in [-0.2, -0.15) is 14.9 Å². The summed E-state index contributed by atoms with van der Waals surface area (Å²) in [6.45, 7) is 0. The first kappa shape index (κ1) is 18.7. The van der Waals surface area contributed by atoms with E-state index in [1.54, 1.807) is 36.4 Å². The highest BCUT2D eigenvalue weighted by atomic mass is 19.2. The Labute approximate surface area is 173 Å². The molecule has 1 atom stereocenters. The van der Waals surface area contributed by atoms with Crippen molar-refractivity contribution < 1.29 is 13.2 Å². The minimum absolute atomic E-state index is 0.00247. The number of halogens is 3. The van der Waals surface area contributed by atoms with E-state index in [-0.39, 0.29) is 22.4 Å². The first-order valence-electron chi connectivity index (χ1n) is 9.16. The van der Waals surface area contributed by atoms with E-state index in [2.05, 4.69) is 20.3 Å². The van der Waals surface area contributed by atoms with E-state index in [0.717, 1.165) is 10.6 Å². The number of nitrogens with zero attached hydrogens (tertiary/aromatic N) is 6. The minimum atomic E-state index is -2.26. The summed E-state index contributed by atoms with van der Waals surface area (Å²) in [7, 11) is 0. The monoisotopic (exact) mass is 416 g/mol. The van der Waals surface area contributed by atoms with Gasteiger partial charge in [-0.05, 0) is 36.4 Å². The fourth-order valence-electron chi connectivity index (χ4n) is 3.39. The molecule has 0 amide bonds. The van der Waals surface area contributed by atoms with Crippen molar-refractivity contribution in [2.45, 2.75) is 6.17 Å². The first-order chi connectivity index (χ1) is 15.1. The molecule has 0 aliphatic carbocycles. The van der Waals surface area contributed by atoms with E-state index in [4.69, 9.17) is 5.26 Å². The highest BCUT2D eigenvalue weighted by molar-refractivity contribution is 5.80. The Bertz CT molecular complexity index is 1500. The predicted octanol–water partition coefficient (Wildman–Crippen LogP) is 4.55. The van der Waals surface area contributed by atoms with Crippen molar-refractivity contribution >= 4 is 16.6 Å². The summed E-state index contributed by atoms with van der Waals surface area (Å²) in [6, 6.07) is 15.8. The van der Waals surface area contributed by atoms with Crippen LogP contribution in [0.5, 0.6) is 0 Å². The molecule has 31 heavy (non-hydrogen) atoms. The van der Waals surface area contributed by atoms with Gasteiger partial charge in [0.25, 0.3) is 0 Å². The molecular weight excluding hydrogens is 405 g/mol. The average Bonchev–Trinajstić information content (AvgIpc) is 3.22. The second-order valence-electron chi connectivity index (χ2n) is 6.76. The number of benzene rings is 2. The Kier molecular flexibility index (Phi) is 4.33. The molecule has 0 saturated carbocycles. The van der Waals surface area contributed by atoms with Gasteiger partial charge in [0.15, 0.2) is 17.6 Å². The molecule has 5 aromatic rings. The molecule has 0 saturated heterocycles. The summed E-state index contributed by atoms with van der Waals surface area (Å²) >= 11 is 0. The SMILES string of the molecule is N#Cc1cccc(-c2ccc3nnc(C(F)c4c(F)cc5ncccc5c4F)n3n2)c1. The van der Waals surface area contributed by atoms with Gasteiger partial charge in [0, 0.05) is 23.2 Å². The van der Waals surface area contributed by atoms with Crippen LogP contribution in [-0.4, -0.2) is 24.8 Å². The van der Waals surface area contributed by atoms with Crippen molar-refractivity contribution in [3.05, 3.63) is 89.4 Å². The van der Waals surface area contributed by atoms with E-state index < -0.39 is 23.4 Å². The predicted molar refractivity (Wildman–Crippen MR) is 106 cm³/mol. The lowest BCUT2D eigenvalue weighted by Gasteiger charge is -2.11. The van der Waals surface area contributed by atoms with Crippen LogP contribution in [0.25, 0.3) is 27.8 Å². The van der Waals surface area contributed by atoms with Crippen LogP contribution in [0.3, 0.4) is 0 Å². The number of pyridine rings is 1. The molecule has 6 nitrogen and oxygen atoms in total. The van der Waals surface area contributed by atoms with E-state index in [1.165, 1.54) is 18.3 Å². The summed E-state index contributed by atoms with van der Waals surface area (Å²) in [4.78, 5) is 3.90. The Balaban J connectivity index is 1.66. The zero-order valence-electron chi connectivity index (χ0n) is 15.7. The third-order valence-corrected chi connectivity index (χ3v) is 4.89. The van der Waals surface area contributed by atoms with Crippen LogP contribution in [0.1, 0.15) is 23.1 Å². The average molecular weight is 416 g/mol. The van der Waals surface area contributed by atoms with Gasteiger partial charge in [-0.3, -0.25) is 4.98 Å². The summed E-state index contributed by atoms with van der Waals surface area (Å²) in [6.07, 6.45) is -0.861. The van der Waals surface area contributed by atoms with Gasteiger partial charge in [-0.15, -0.1) is 10.2 Å². The number of hydrogen-bond acceptors (Lipinski definition) is 5. The second-order valence-corrected chi connectivity index (χ2v) is 6.76. The molecule has 0 aliphatic heterocycles. The van der Waals surface area contributed by atoms with Crippen molar-refractivity contribution in [2.75, 3.05) is 0 Å². The molecule has 5 rings (SSSR count). The van der Waals surface area contributed by atoms with E-state index in [0.29, 0.717) is 16.8 Å². The van der Waals surface area contributed by atoms with E-state index >= 15 is 4.39 Å². The summed E-state index contributed by atoms with van der Waals surface area (Å²) in [5.74, 6) is -2.50. The number of alkyl halides is 1. The molecule has 9 heteroatoms. The van der Waals surface area contributed by atoms with Crippen molar-refractivity contribution in [1.29, 1.82) is 5.26 Å². The Morgan fingerprint density at radius 1 is 1.00 bits per heavy atom. The molecule has 2 aromatic carbocycles. The number of fused-ring (bicyclic) bond motifs is 2.